The van der Waals surface area contributed by atoms with Crippen molar-refractivity contribution in [1.82, 2.24) is 9.80 Å². The predicted octanol–water partition coefficient (Wildman–Crippen LogP) is 4.58. The molecule has 0 aromatic heterocycles. The molecular weight excluding hydrogens is 435 g/mol. The zero-order valence-corrected chi connectivity index (χ0v) is 17.5. The van der Waals surface area contributed by atoms with Gasteiger partial charge in [0.1, 0.15) is 5.75 Å². The lowest BCUT2D eigenvalue weighted by molar-refractivity contribution is -0.153. The zero-order chi connectivity index (χ0) is 22.6. The quantitative estimate of drug-likeness (QED) is 0.734. The number of hydrogen-bond acceptors (Lipinski definition) is 3. The van der Waals surface area contributed by atoms with E-state index in [-0.39, 0.29) is 17.7 Å². The Bertz CT molecular complexity index is 943. The van der Waals surface area contributed by atoms with Crippen molar-refractivity contribution in [2.24, 2.45) is 0 Å². The topological polar surface area (TPSA) is 61.9 Å². The fourth-order valence-corrected chi connectivity index (χ4v) is 3.21. The summed E-state index contributed by atoms with van der Waals surface area (Å²) in [6.45, 7) is 1.86. The highest BCUT2D eigenvalue weighted by Crippen LogP contribution is 2.21. The Morgan fingerprint density at radius 3 is 2.23 bits per heavy atom. The maximum Gasteiger partial charge on any atom is 0.422 e. The highest BCUT2D eigenvalue weighted by atomic mass is 35.5. The Kier molecular flexibility index (Phi) is 6.94. The van der Waals surface area contributed by atoms with Crippen molar-refractivity contribution in [3.63, 3.8) is 0 Å². The number of aryl methyl sites for hydroxylation is 1. The molecule has 0 atom stereocenters. The van der Waals surface area contributed by atoms with Gasteiger partial charge in [-0.25, -0.2) is 4.79 Å². The minimum Gasteiger partial charge on any atom is -0.484 e. The minimum absolute atomic E-state index is 0.0339. The standard InChI is InChI=1S/C21H21ClF3N3O3/c1-14-2-5-16(12-18(14)22)26-20(30)28-10-8-27(9-11-28)19(29)15-3-6-17(7-4-15)31-13-21(23,24)25/h2-7,12H,8-11,13H2,1H3,(H,26,30). The molecule has 1 heterocycles. The molecule has 0 aliphatic carbocycles. The van der Waals surface area contributed by atoms with Crippen molar-refractivity contribution in [2.45, 2.75) is 13.1 Å². The molecule has 0 bridgehead atoms. The Balaban J connectivity index is 1.51. The maximum atomic E-state index is 12.6. The molecule has 2 aromatic rings. The molecule has 0 saturated carbocycles. The van der Waals surface area contributed by atoms with Crippen LogP contribution in [0.1, 0.15) is 15.9 Å². The van der Waals surface area contributed by atoms with Gasteiger partial charge >= 0.3 is 12.2 Å². The van der Waals surface area contributed by atoms with E-state index in [1.807, 2.05) is 13.0 Å². The molecule has 31 heavy (non-hydrogen) atoms. The fourth-order valence-electron chi connectivity index (χ4n) is 3.03. The summed E-state index contributed by atoms with van der Waals surface area (Å²) in [5.41, 5.74) is 1.84. The number of urea groups is 1. The van der Waals surface area contributed by atoms with Crippen LogP contribution in [-0.2, 0) is 0 Å². The highest BCUT2D eigenvalue weighted by molar-refractivity contribution is 6.31. The SMILES string of the molecule is Cc1ccc(NC(=O)N2CCN(C(=O)c3ccc(OCC(F)(F)F)cc3)CC2)cc1Cl. The molecule has 0 radical (unpaired) electrons. The van der Waals surface area contributed by atoms with Crippen LogP contribution in [0, 0.1) is 6.92 Å². The van der Waals surface area contributed by atoms with E-state index in [1.54, 1.807) is 21.9 Å². The first-order valence-electron chi connectivity index (χ1n) is 9.53. The number of alkyl halides is 3. The summed E-state index contributed by atoms with van der Waals surface area (Å²) < 4.78 is 41.3. The lowest BCUT2D eigenvalue weighted by Gasteiger charge is -2.34. The van der Waals surface area contributed by atoms with Gasteiger partial charge in [-0.2, -0.15) is 13.2 Å². The molecule has 166 valence electrons. The second kappa shape index (κ2) is 9.47. The number of halogens is 4. The molecule has 1 saturated heterocycles. The number of anilines is 1. The van der Waals surface area contributed by atoms with Crippen LogP contribution < -0.4 is 10.1 Å². The van der Waals surface area contributed by atoms with Gasteiger partial charge in [0.05, 0.1) is 0 Å². The van der Waals surface area contributed by atoms with Gasteiger partial charge < -0.3 is 19.9 Å². The molecule has 2 aromatic carbocycles. The number of nitrogens with zero attached hydrogens (tertiary/aromatic N) is 2. The molecule has 1 aliphatic rings. The second-order valence-corrected chi connectivity index (χ2v) is 7.51. The number of rotatable bonds is 4. The van der Waals surface area contributed by atoms with Gasteiger partial charge in [-0.3, -0.25) is 4.79 Å². The average molecular weight is 456 g/mol. The lowest BCUT2D eigenvalue weighted by atomic mass is 10.1. The second-order valence-electron chi connectivity index (χ2n) is 7.10. The Morgan fingerprint density at radius 1 is 1.03 bits per heavy atom. The molecule has 0 spiro atoms. The van der Waals surface area contributed by atoms with Crippen LogP contribution in [0.25, 0.3) is 0 Å². The Hall–Kier alpha value is -2.94. The molecule has 0 unspecified atom stereocenters. The summed E-state index contributed by atoms with van der Waals surface area (Å²) in [6, 6.07) is 10.5. The number of carbonyl (C=O) groups excluding carboxylic acids is 2. The van der Waals surface area contributed by atoms with Gasteiger partial charge in [0, 0.05) is 42.5 Å². The van der Waals surface area contributed by atoms with E-state index in [2.05, 4.69) is 10.1 Å². The van der Waals surface area contributed by atoms with Gasteiger partial charge in [0.2, 0.25) is 0 Å². The van der Waals surface area contributed by atoms with Gasteiger partial charge in [0.15, 0.2) is 6.61 Å². The smallest absolute Gasteiger partial charge is 0.422 e. The average Bonchev–Trinajstić information content (AvgIpc) is 2.74. The van der Waals surface area contributed by atoms with Gasteiger partial charge in [-0.15, -0.1) is 0 Å². The number of ether oxygens (including phenoxy) is 1. The van der Waals surface area contributed by atoms with E-state index in [0.717, 1.165) is 5.56 Å². The Labute approximate surface area is 182 Å². The van der Waals surface area contributed by atoms with E-state index in [9.17, 15) is 22.8 Å². The Morgan fingerprint density at radius 2 is 1.65 bits per heavy atom. The fraction of sp³-hybridized carbons (Fsp3) is 0.333. The first kappa shape index (κ1) is 22.7. The molecule has 1 aliphatic heterocycles. The molecule has 3 amide bonds. The summed E-state index contributed by atoms with van der Waals surface area (Å²) >= 11 is 6.08. The van der Waals surface area contributed by atoms with Crippen LogP contribution in [0.3, 0.4) is 0 Å². The third-order valence-corrected chi connectivity index (χ3v) is 5.19. The third-order valence-electron chi connectivity index (χ3n) is 4.78. The molecule has 6 nitrogen and oxygen atoms in total. The van der Waals surface area contributed by atoms with Gasteiger partial charge in [0.25, 0.3) is 5.91 Å². The van der Waals surface area contributed by atoms with E-state index in [0.29, 0.717) is 42.5 Å². The van der Waals surface area contributed by atoms with Crippen molar-refractivity contribution in [1.29, 1.82) is 0 Å². The maximum absolute atomic E-state index is 12.6. The summed E-state index contributed by atoms with van der Waals surface area (Å²) in [5, 5.41) is 3.35. The number of amides is 3. The molecule has 1 fully saturated rings. The monoisotopic (exact) mass is 455 g/mol. The van der Waals surface area contributed by atoms with Crippen LogP contribution in [0.15, 0.2) is 42.5 Å². The largest absolute Gasteiger partial charge is 0.484 e. The van der Waals surface area contributed by atoms with Gasteiger partial charge in [-0.05, 0) is 48.9 Å². The van der Waals surface area contributed by atoms with E-state index >= 15 is 0 Å². The van der Waals surface area contributed by atoms with E-state index in [4.69, 9.17) is 11.6 Å². The van der Waals surface area contributed by atoms with Crippen molar-refractivity contribution in [3.05, 3.63) is 58.6 Å². The summed E-state index contributed by atoms with van der Waals surface area (Å²) in [7, 11) is 0. The van der Waals surface area contributed by atoms with Crippen molar-refractivity contribution >= 4 is 29.2 Å². The number of piperazine rings is 1. The number of nitrogens with one attached hydrogen (secondary N) is 1. The summed E-state index contributed by atoms with van der Waals surface area (Å²) in [5.74, 6) is -0.223. The predicted molar refractivity (Wildman–Crippen MR) is 111 cm³/mol. The first-order valence-corrected chi connectivity index (χ1v) is 9.91. The highest BCUT2D eigenvalue weighted by Gasteiger charge is 2.28. The zero-order valence-electron chi connectivity index (χ0n) is 16.7. The van der Waals surface area contributed by atoms with Crippen molar-refractivity contribution in [2.75, 3.05) is 38.1 Å². The normalized spacial score (nSPS) is 14.4. The molecule has 10 heteroatoms. The number of benzene rings is 2. The van der Waals surface area contributed by atoms with Crippen LogP contribution >= 0.6 is 11.6 Å². The third kappa shape index (κ3) is 6.27. The molecule has 3 rings (SSSR count). The number of carbonyl (C=O) groups is 2. The summed E-state index contributed by atoms with van der Waals surface area (Å²) in [6.07, 6.45) is -4.42. The lowest BCUT2D eigenvalue weighted by Crippen LogP contribution is -2.51. The van der Waals surface area contributed by atoms with Crippen molar-refractivity contribution < 1.29 is 27.5 Å². The van der Waals surface area contributed by atoms with Crippen LogP contribution in [0.2, 0.25) is 5.02 Å². The van der Waals surface area contributed by atoms with Crippen LogP contribution in [0.5, 0.6) is 5.75 Å². The summed E-state index contributed by atoms with van der Waals surface area (Å²) in [4.78, 5) is 28.3. The van der Waals surface area contributed by atoms with Crippen LogP contribution in [-0.4, -0.2) is 60.7 Å². The van der Waals surface area contributed by atoms with Crippen molar-refractivity contribution in [3.8, 4) is 5.75 Å². The molecular formula is C21H21ClF3N3O3. The van der Waals surface area contributed by atoms with Crippen LogP contribution in [0.4, 0.5) is 23.7 Å². The molecule has 1 N–H and O–H groups in total. The minimum atomic E-state index is -4.42. The number of hydrogen-bond donors (Lipinski definition) is 1. The van der Waals surface area contributed by atoms with E-state index < -0.39 is 12.8 Å². The van der Waals surface area contributed by atoms with Gasteiger partial charge in [-0.1, -0.05) is 17.7 Å². The first-order chi connectivity index (χ1) is 14.6. The van der Waals surface area contributed by atoms with E-state index in [1.165, 1.54) is 24.3 Å².